The summed E-state index contributed by atoms with van der Waals surface area (Å²) in [7, 11) is 0. The molecule has 0 aromatic heterocycles. The molecule has 3 aliphatic rings. The Morgan fingerprint density at radius 3 is 2.56 bits per heavy atom. The van der Waals surface area contributed by atoms with Crippen LogP contribution in [0.4, 0.5) is 0 Å². The average Bonchev–Trinajstić information content (AvgIpc) is 2.57. The van der Waals surface area contributed by atoms with Crippen LogP contribution in [-0.2, 0) is 4.74 Å². The standard InChI is InChI=1S/C20H16O7/c1-20-4-2-3-12(26-20)16-13(27-20)7-10-15(19(16)25)18(24)14-9(17(10)23)5-8(21)6-11(14)22/h5-7,12,21-22,25H,2-4H2,1H3/t12?,20-/m0/s1. The van der Waals surface area contributed by atoms with Gasteiger partial charge in [0.25, 0.3) is 0 Å². The van der Waals surface area contributed by atoms with Crippen LogP contribution >= 0.6 is 0 Å². The number of ketones is 2. The summed E-state index contributed by atoms with van der Waals surface area (Å²) >= 11 is 0. The quantitative estimate of drug-likeness (QED) is 0.559. The van der Waals surface area contributed by atoms with Crippen LogP contribution in [0.25, 0.3) is 0 Å². The third-order valence-electron chi connectivity index (χ3n) is 5.48. The monoisotopic (exact) mass is 368 g/mol. The van der Waals surface area contributed by atoms with Crippen LogP contribution < -0.4 is 4.74 Å². The van der Waals surface area contributed by atoms with Crippen molar-refractivity contribution in [1.82, 2.24) is 0 Å². The van der Waals surface area contributed by atoms with Gasteiger partial charge in [0.15, 0.2) is 5.78 Å². The van der Waals surface area contributed by atoms with E-state index in [2.05, 4.69) is 0 Å². The van der Waals surface area contributed by atoms with Crippen molar-refractivity contribution in [1.29, 1.82) is 0 Å². The lowest BCUT2D eigenvalue weighted by atomic mass is 9.80. The Labute approximate surface area is 153 Å². The Bertz CT molecular complexity index is 1060. The molecule has 3 N–H and O–H groups in total. The Balaban J connectivity index is 1.78. The molecule has 2 aromatic rings. The number of ether oxygens (including phenoxy) is 2. The second-order valence-electron chi connectivity index (χ2n) is 7.34. The molecular formula is C20H16O7. The number of rotatable bonds is 0. The average molecular weight is 368 g/mol. The van der Waals surface area contributed by atoms with Crippen LogP contribution in [0, 0.1) is 0 Å². The van der Waals surface area contributed by atoms with Crippen LogP contribution in [0.15, 0.2) is 18.2 Å². The van der Waals surface area contributed by atoms with E-state index in [9.17, 15) is 24.9 Å². The molecule has 1 fully saturated rings. The fraction of sp³-hybridized carbons (Fsp3) is 0.300. The second-order valence-corrected chi connectivity index (χ2v) is 7.34. The van der Waals surface area contributed by atoms with Crippen molar-refractivity contribution in [3.63, 3.8) is 0 Å². The highest BCUT2D eigenvalue weighted by Gasteiger charge is 2.46. The topological polar surface area (TPSA) is 113 Å². The predicted octanol–water partition coefficient (Wildman–Crippen LogP) is 2.93. The molecule has 5 rings (SSSR count). The molecule has 7 nitrogen and oxygen atoms in total. The summed E-state index contributed by atoms with van der Waals surface area (Å²) in [6.45, 7) is 1.80. The van der Waals surface area contributed by atoms with Gasteiger partial charge in [0.2, 0.25) is 11.6 Å². The molecule has 0 amide bonds. The molecule has 2 aliphatic heterocycles. The maximum atomic E-state index is 13.0. The maximum Gasteiger partial charge on any atom is 0.208 e. The zero-order valence-corrected chi connectivity index (χ0v) is 14.4. The van der Waals surface area contributed by atoms with E-state index in [1.54, 1.807) is 6.92 Å². The zero-order chi connectivity index (χ0) is 19.1. The van der Waals surface area contributed by atoms with E-state index in [-0.39, 0.29) is 33.8 Å². The van der Waals surface area contributed by atoms with Gasteiger partial charge in [0, 0.05) is 30.5 Å². The number of aromatic hydroxyl groups is 3. The lowest BCUT2D eigenvalue weighted by Gasteiger charge is -2.44. The molecule has 2 aromatic carbocycles. The largest absolute Gasteiger partial charge is 0.508 e. The number of hydrogen-bond donors (Lipinski definition) is 3. The van der Waals surface area contributed by atoms with Gasteiger partial charge in [-0.15, -0.1) is 0 Å². The fourth-order valence-corrected chi connectivity index (χ4v) is 4.30. The maximum absolute atomic E-state index is 13.0. The van der Waals surface area contributed by atoms with E-state index < -0.39 is 29.2 Å². The number of benzene rings is 2. The van der Waals surface area contributed by atoms with Gasteiger partial charge in [-0.2, -0.15) is 0 Å². The molecule has 2 atom stereocenters. The highest BCUT2D eigenvalue weighted by molar-refractivity contribution is 6.30. The summed E-state index contributed by atoms with van der Waals surface area (Å²) in [6, 6.07) is 3.58. The van der Waals surface area contributed by atoms with E-state index in [0.29, 0.717) is 24.2 Å². The van der Waals surface area contributed by atoms with Gasteiger partial charge < -0.3 is 24.8 Å². The molecule has 7 heteroatoms. The van der Waals surface area contributed by atoms with Gasteiger partial charge in [-0.1, -0.05) is 0 Å². The van der Waals surface area contributed by atoms with E-state index in [4.69, 9.17) is 9.47 Å². The molecule has 138 valence electrons. The van der Waals surface area contributed by atoms with Gasteiger partial charge in [0.05, 0.1) is 22.8 Å². The Morgan fingerprint density at radius 1 is 1.04 bits per heavy atom. The lowest BCUT2D eigenvalue weighted by Crippen LogP contribution is -2.44. The van der Waals surface area contributed by atoms with Crippen molar-refractivity contribution in [2.45, 2.75) is 38.1 Å². The van der Waals surface area contributed by atoms with Crippen molar-refractivity contribution in [2.75, 3.05) is 0 Å². The first-order chi connectivity index (χ1) is 12.8. The van der Waals surface area contributed by atoms with Crippen LogP contribution in [-0.4, -0.2) is 32.7 Å². The highest BCUT2D eigenvalue weighted by atomic mass is 16.7. The molecule has 0 radical (unpaired) electrons. The third-order valence-corrected chi connectivity index (χ3v) is 5.48. The van der Waals surface area contributed by atoms with Crippen molar-refractivity contribution in [3.05, 3.63) is 46.0 Å². The summed E-state index contributed by atoms with van der Waals surface area (Å²) in [6.07, 6.45) is 1.75. The predicted molar refractivity (Wildman–Crippen MR) is 91.5 cm³/mol. The molecule has 2 bridgehead atoms. The minimum absolute atomic E-state index is 0.0164. The first-order valence-electron chi connectivity index (χ1n) is 8.71. The molecule has 1 saturated heterocycles. The van der Waals surface area contributed by atoms with Gasteiger partial charge in [0.1, 0.15) is 23.0 Å². The van der Waals surface area contributed by atoms with Crippen molar-refractivity contribution >= 4 is 11.6 Å². The van der Waals surface area contributed by atoms with Crippen LogP contribution in [0.1, 0.15) is 69.7 Å². The van der Waals surface area contributed by atoms with Crippen LogP contribution in [0.2, 0.25) is 0 Å². The van der Waals surface area contributed by atoms with Gasteiger partial charge >= 0.3 is 0 Å². The highest BCUT2D eigenvalue weighted by Crippen LogP contribution is 2.53. The number of fused-ring (bicyclic) bond motifs is 6. The summed E-state index contributed by atoms with van der Waals surface area (Å²) in [4.78, 5) is 25.9. The van der Waals surface area contributed by atoms with Crippen LogP contribution in [0.5, 0.6) is 23.0 Å². The van der Waals surface area contributed by atoms with Gasteiger partial charge in [-0.25, -0.2) is 0 Å². The van der Waals surface area contributed by atoms with Crippen molar-refractivity contribution < 1.29 is 34.4 Å². The normalized spacial score (nSPS) is 25.3. The molecule has 2 heterocycles. The summed E-state index contributed by atoms with van der Waals surface area (Å²) in [5.74, 6) is -2.97. The van der Waals surface area contributed by atoms with Crippen LogP contribution in [0.3, 0.4) is 0 Å². The summed E-state index contributed by atoms with van der Waals surface area (Å²) in [5, 5.41) is 30.7. The van der Waals surface area contributed by atoms with E-state index in [1.807, 2.05) is 0 Å². The zero-order valence-electron chi connectivity index (χ0n) is 14.4. The fourth-order valence-electron chi connectivity index (χ4n) is 4.30. The Morgan fingerprint density at radius 2 is 1.78 bits per heavy atom. The lowest BCUT2D eigenvalue weighted by molar-refractivity contribution is -0.243. The van der Waals surface area contributed by atoms with E-state index >= 15 is 0 Å². The van der Waals surface area contributed by atoms with E-state index in [0.717, 1.165) is 18.6 Å². The Hall–Kier alpha value is -3.06. The molecular weight excluding hydrogens is 352 g/mol. The number of carbonyl (C=O) groups excluding carboxylic acids is 2. The minimum atomic E-state index is -0.841. The third kappa shape index (κ3) is 2.06. The first kappa shape index (κ1) is 16.1. The Kier molecular flexibility index (Phi) is 3.00. The van der Waals surface area contributed by atoms with Crippen molar-refractivity contribution in [3.8, 4) is 23.0 Å². The minimum Gasteiger partial charge on any atom is -0.508 e. The second kappa shape index (κ2) is 5.01. The SMILES string of the molecule is C[C@]12CCCC(O1)c1c(cc3c(c1O)C(=O)c1c(O)cc(O)cc1C3=O)O2. The van der Waals surface area contributed by atoms with Crippen molar-refractivity contribution in [2.24, 2.45) is 0 Å². The number of phenolic OH excluding ortho intramolecular Hbond substituents is 3. The molecule has 27 heavy (non-hydrogen) atoms. The molecule has 0 saturated carbocycles. The first-order valence-corrected chi connectivity index (χ1v) is 8.71. The smallest absolute Gasteiger partial charge is 0.208 e. The summed E-state index contributed by atoms with van der Waals surface area (Å²) in [5.41, 5.74) is -0.172. The van der Waals surface area contributed by atoms with Gasteiger partial charge in [-0.3, -0.25) is 9.59 Å². The molecule has 1 aliphatic carbocycles. The van der Waals surface area contributed by atoms with E-state index in [1.165, 1.54) is 6.07 Å². The molecule has 1 unspecified atom stereocenters. The molecule has 0 spiro atoms. The summed E-state index contributed by atoms with van der Waals surface area (Å²) < 4.78 is 11.8. The van der Waals surface area contributed by atoms with Gasteiger partial charge in [-0.05, 0) is 25.0 Å². The number of phenols is 3. The number of carbonyl (C=O) groups is 2. The number of hydrogen-bond acceptors (Lipinski definition) is 7.